The summed E-state index contributed by atoms with van der Waals surface area (Å²) in [6.07, 6.45) is 0. The van der Waals surface area contributed by atoms with Crippen LogP contribution in [0.25, 0.3) is 5.69 Å². The van der Waals surface area contributed by atoms with Crippen LogP contribution < -0.4 is 15.0 Å². The van der Waals surface area contributed by atoms with Gasteiger partial charge >= 0.3 is 0 Å². The quantitative estimate of drug-likeness (QED) is 0.358. The molecule has 0 amide bonds. The summed E-state index contributed by atoms with van der Waals surface area (Å²) in [7, 11) is 2.99. The Hall–Kier alpha value is -3.59. The second kappa shape index (κ2) is 8.42. The molecule has 156 valence electrons. The van der Waals surface area contributed by atoms with Crippen LogP contribution in [0.15, 0.2) is 46.2 Å². The zero-order chi connectivity index (χ0) is 22.0. The van der Waals surface area contributed by atoms with E-state index in [0.29, 0.717) is 44.9 Å². The highest BCUT2D eigenvalue weighted by molar-refractivity contribution is 6.32. The highest BCUT2D eigenvalue weighted by Crippen LogP contribution is 2.38. The van der Waals surface area contributed by atoms with E-state index in [0.717, 1.165) is 0 Å². The van der Waals surface area contributed by atoms with Gasteiger partial charge in [-0.15, -0.1) is 0 Å². The number of rotatable bonds is 6. The van der Waals surface area contributed by atoms with E-state index in [1.54, 1.807) is 26.0 Å². The van der Waals surface area contributed by atoms with Gasteiger partial charge in [0.1, 0.15) is 17.2 Å². The van der Waals surface area contributed by atoms with E-state index >= 15 is 0 Å². The highest BCUT2D eigenvalue weighted by Gasteiger charge is 2.17. The third-order valence-electron chi connectivity index (χ3n) is 4.49. The number of hydrogen-bond acceptors (Lipinski definition) is 6. The van der Waals surface area contributed by atoms with Crippen molar-refractivity contribution in [3.8, 4) is 17.2 Å². The summed E-state index contributed by atoms with van der Waals surface area (Å²) in [6.45, 7) is 3.45. The maximum atomic E-state index is 13.0. The number of aryl methyl sites for hydroxylation is 1. The molecule has 3 rings (SSSR count). The lowest BCUT2D eigenvalue weighted by molar-refractivity contribution is -0.384. The van der Waals surface area contributed by atoms with Gasteiger partial charge in [0.25, 0.3) is 11.2 Å². The number of aromatic amines is 1. The molecule has 9 nitrogen and oxygen atoms in total. The number of benzene rings is 2. The van der Waals surface area contributed by atoms with Gasteiger partial charge in [-0.1, -0.05) is 11.6 Å². The molecule has 3 aromatic rings. The maximum absolute atomic E-state index is 13.0. The van der Waals surface area contributed by atoms with Gasteiger partial charge in [-0.2, -0.15) is 0 Å². The van der Waals surface area contributed by atoms with Crippen molar-refractivity contribution in [1.82, 2.24) is 9.78 Å². The number of non-ortho nitro benzene ring substituents is 1. The molecule has 1 aromatic heterocycles. The largest absolute Gasteiger partial charge is 0.495 e. The van der Waals surface area contributed by atoms with Crippen LogP contribution in [0.3, 0.4) is 0 Å². The van der Waals surface area contributed by atoms with E-state index < -0.39 is 4.92 Å². The smallest absolute Gasteiger partial charge is 0.280 e. The number of aromatic nitrogens is 2. The molecule has 1 heterocycles. The lowest BCUT2D eigenvalue weighted by Gasteiger charge is -2.09. The Morgan fingerprint density at radius 3 is 2.37 bits per heavy atom. The molecule has 10 heteroatoms. The van der Waals surface area contributed by atoms with E-state index in [-0.39, 0.29) is 11.2 Å². The zero-order valence-electron chi connectivity index (χ0n) is 16.7. The molecule has 0 fully saturated rings. The van der Waals surface area contributed by atoms with Crippen molar-refractivity contribution in [2.45, 2.75) is 13.8 Å². The molecule has 30 heavy (non-hydrogen) atoms. The minimum absolute atomic E-state index is 0.0585. The van der Waals surface area contributed by atoms with Crippen molar-refractivity contribution in [3.05, 3.63) is 73.1 Å². The second-order valence-corrected chi connectivity index (χ2v) is 6.79. The first-order valence-corrected chi connectivity index (χ1v) is 9.18. The Morgan fingerprint density at radius 1 is 1.17 bits per heavy atom. The lowest BCUT2D eigenvalue weighted by atomic mass is 10.1. The molecule has 0 aliphatic carbocycles. The predicted molar refractivity (Wildman–Crippen MR) is 114 cm³/mol. The molecule has 0 bridgehead atoms. The molecule has 0 saturated heterocycles. The minimum atomic E-state index is -0.497. The molecule has 2 aromatic carbocycles. The summed E-state index contributed by atoms with van der Waals surface area (Å²) < 4.78 is 11.9. The van der Waals surface area contributed by atoms with Crippen LogP contribution in [0, 0.1) is 17.0 Å². The van der Waals surface area contributed by atoms with Crippen molar-refractivity contribution < 1.29 is 14.4 Å². The summed E-state index contributed by atoms with van der Waals surface area (Å²) >= 11 is 6.13. The van der Waals surface area contributed by atoms with Crippen LogP contribution in [0.4, 0.5) is 11.4 Å². The van der Waals surface area contributed by atoms with Crippen molar-refractivity contribution >= 4 is 28.7 Å². The third-order valence-corrected chi connectivity index (χ3v) is 4.79. The number of nitrogens with one attached hydrogen (secondary N) is 1. The predicted octanol–water partition coefficient (Wildman–Crippen LogP) is 4.19. The van der Waals surface area contributed by atoms with E-state index in [1.165, 1.54) is 43.2 Å². The van der Waals surface area contributed by atoms with Gasteiger partial charge in [0.05, 0.1) is 41.1 Å². The number of hydrogen-bond donors (Lipinski definition) is 1. The lowest BCUT2D eigenvalue weighted by Crippen LogP contribution is -2.19. The Bertz CT molecular complexity index is 1200. The van der Waals surface area contributed by atoms with Crippen LogP contribution in [0.1, 0.15) is 18.2 Å². The summed E-state index contributed by atoms with van der Waals surface area (Å²) in [5.74, 6) is 0.863. The molecule has 1 N–H and O–H groups in total. The number of nitro benzene ring substituents is 1. The standard InChI is InChI=1S/C20H19ClN4O5/c1-11(22-16-10-17(29-3)15(21)9-18(16)30-4)19-12(2)23-24(20(19)26)13-5-7-14(8-6-13)25(27)28/h5-10,23H,1-4H3. The van der Waals surface area contributed by atoms with Crippen LogP contribution >= 0.6 is 11.6 Å². The SMILES string of the molecule is COc1cc(N=C(C)c2c(C)[nH]n(-c3ccc([N+](=O)[O-])cc3)c2=O)c(OC)cc1Cl. The van der Waals surface area contributed by atoms with Crippen LogP contribution in [0.2, 0.25) is 5.02 Å². The Kier molecular flexibility index (Phi) is 5.93. The molecule has 0 unspecified atom stereocenters. The van der Waals surface area contributed by atoms with Gasteiger partial charge in [-0.05, 0) is 26.0 Å². The molecule has 0 atom stereocenters. The number of methoxy groups -OCH3 is 2. The summed E-state index contributed by atoms with van der Waals surface area (Å²) in [6, 6.07) is 8.89. The molecule has 0 saturated carbocycles. The normalized spacial score (nSPS) is 11.4. The Labute approximate surface area is 176 Å². The first-order valence-electron chi connectivity index (χ1n) is 8.80. The molecular weight excluding hydrogens is 412 g/mol. The van der Waals surface area contributed by atoms with Crippen molar-refractivity contribution in [3.63, 3.8) is 0 Å². The van der Waals surface area contributed by atoms with Gasteiger partial charge in [0.15, 0.2) is 0 Å². The fourth-order valence-electron chi connectivity index (χ4n) is 3.05. The molecule has 0 spiro atoms. The Morgan fingerprint density at radius 2 is 1.80 bits per heavy atom. The fourth-order valence-corrected chi connectivity index (χ4v) is 3.28. The number of ether oxygens (including phenoxy) is 2. The first kappa shape index (κ1) is 21.1. The second-order valence-electron chi connectivity index (χ2n) is 6.38. The van der Waals surface area contributed by atoms with Crippen LogP contribution in [0.5, 0.6) is 11.5 Å². The number of nitro groups is 1. The zero-order valence-corrected chi connectivity index (χ0v) is 17.5. The number of halogens is 1. The minimum Gasteiger partial charge on any atom is -0.495 e. The van der Waals surface area contributed by atoms with Gasteiger partial charge in [-0.25, -0.2) is 9.67 Å². The third kappa shape index (κ3) is 3.92. The Balaban J connectivity index is 2.07. The number of H-pyrrole nitrogens is 1. The van der Waals surface area contributed by atoms with E-state index in [2.05, 4.69) is 10.1 Å². The summed E-state index contributed by atoms with van der Waals surface area (Å²) in [4.78, 5) is 27.9. The first-order chi connectivity index (χ1) is 14.3. The topological polar surface area (TPSA) is 112 Å². The van der Waals surface area contributed by atoms with Crippen LogP contribution in [-0.4, -0.2) is 34.6 Å². The van der Waals surface area contributed by atoms with Gasteiger partial charge in [0, 0.05) is 30.0 Å². The number of aliphatic imine (C=N–C) groups is 1. The highest BCUT2D eigenvalue weighted by atomic mass is 35.5. The van der Waals surface area contributed by atoms with E-state index in [1.807, 2.05) is 0 Å². The van der Waals surface area contributed by atoms with E-state index in [4.69, 9.17) is 21.1 Å². The average Bonchev–Trinajstić information content (AvgIpc) is 3.02. The molecule has 0 radical (unpaired) electrons. The van der Waals surface area contributed by atoms with Gasteiger partial charge in [0.2, 0.25) is 0 Å². The van der Waals surface area contributed by atoms with Gasteiger partial charge in [-0.3, -0.25) is 20.0 Å². The number of nitrogens with zero attached hydrogens (tertiary/aromatic N) is 3. The summed E-state index contributed by atoms with van der Waals surface area (Å²) in [5, 5.41) is 14.2. The van der Waals surface area contributed by atoms with Crippen LogP contribution in [-0.2, 0) is 0 Å². The maximum Gasteiger partial charge on any atom is 0.280 e. The van der Waals surface area contributed by atoms with Gasteiger partial charge < -0.3 is 9.47 Å². The van der Waals surface area contributed by atoms with Crippen molar-refractivity contribution in [2.75, 3.05) is 14.2 Å². The average molecular weight is 431 g/mol. The van der Waals surface area contributed by atoms with E-state index in [9.17, 15) is 14.9 Å². The van der Waals surface area contributed by atoms with Crippen molar-refractivity contribution in [1.29, 1.82) is 0 Å². The molecular formula is C20H19ClN4O5. The molecule has 0 aliphatic rings. The molecule has 0 aliphatic heterocycles. The van der Waals surface area contributed by atoms with Crippen molar-refractivity contribution in [2.24, 2.45) is 4.99 Å². The summed E-state index contributed by atoms with van der Waals surface area (Å²) in [5.41, 5.74) is 1.97. The monoisotopic (exact) mass is 430 g/mol. The fraction of sp³-hybridized carbons (Fsp3) is 0.200.